The van der Waals surface area contributed by atoms with Gasteiger partial charge in [0.05, 0.1) is 10.8 Å². The van der Waals surface area contributed by atoms with Gasteiger partial charge in [0.2, 0.25) is 0 Å². The first kappa shape index (κ1) is 14.0. The lowest BCUT2D eigenvalue weighted by atomic mass is 10.1. The van der Waals surface area contributed by atoms with E-state index >= 15 is 0 Å². The maximum atomic E-state index is 12.2. The Hall–Kier alpha value is -2.44. The number of carbonyl (C=O) groups is 2. The van der Waals surface area contributed by atoms with Crippen LogP contribution in [-0.4, -0.2) is 39.9 Å². The zero-order valence-corrected chi connectivity index (χ0v) is 10.9. The molecule has 7 heteroatoms. The quantitative estimate of drug-likeness (QED) is 0.666. The molecule has 1 aliphatic heterocycles. The van der Waals surface area contributed by atoms with E-state index in [0.717, 1.165) is 0 Å². The van der Waals surface area contributed by atoms with E-state index in [1.165, 1.54) is 23.1 Å². The molecule has 0 bridgehead atoms. The molecule has 0 saturated carbocycles. The van der Waals surface area contributed by atoms with Crippen molar-refractivity contribution < 1.29 is 19.6 Å². The van der Waals surface area contributed by atoms with Crippen LogP contribution in [0.15, 0.2) is 18.2 Å². The number of nitro groups is 1. The average Bonchev–Trinajstić information content (AvgIpc) is 2.87. The number of likely N-dealkylation sites (tertiary alicyclic amines) is 1. The molecule has 0 aliphatic carbocycles. The smallest absolute Gasteiger partial charge is 0.308 e. The summed E-state index contributed by atoms with van der Waals surface area (Å²) in [6.45, 7) is 2.11. The van der Waals surface area contributed by atoms with Gasteiger partial charge in [-0.1, -0.05) is 6.07 Å². The largest absolute Gasteiger partial charge is 0.481 e. The molecule has 1 saturated heterocycles. The number of hydrogen-bond donors (Lipinski definition) is 1. The highest BCUT2D eigenvalue weighted by Crippen LogP contribution is 2.23. The van der Waals surface area contributed by atoms with Gasteiger partial charge in [0.25, 0.3) is 11.6 Å². The number of amides is 1. The van der Waals surface area contributed by atoms with Gasteiger partial charge >= 0.3 is 5.97 Å². The van der Waals surface area contributed by atoms with Crippen LogP contribution in [0.3, 0.4) is 0 Å². The van der Waals surface area contributed by atoms with Gasteiger partial charge in [-0.05, 0) is 19.4 Å². The SMILES string of the molecule is Cc1ccc(C(=O)N2CCC(C(=O)O)C2)cc1[N+](=O)[O-]. The molecule has 1 amide bonds. The van der Waals surface area contributed by atoms with Gasteiger partial charge in [-0.25, -0.2) is 0 Å². The fourth-order valence-corrected chi connectivity index (χ4v) is 2.27. The van der Waals surface area contributed by atoms with Crippen LogP contribution in [0, 0.1) is 23.0 Å². The van der Waals surface area contributed by atoms with Gasteiger partial charge in [0.15, 0.2) is 0 Å². The Morgan fingerprint density at radius 2 is 2.15 bits per heavy atom. The predicted molar refractivity (Wildman–Crippen MR) is 69.5 cm³/mol. The Morgan fingerprint density at radius 3 is 2.70 bits per heavy atom. The van der Waals surface area contributed by atoms with Crippen LogP contribution in [0.5, 0.6) is 0 Å². The van der Waals surface area contributed by atoms with Crippen LogP contribution >= 0.6 is 0 Å². The van der Waals surface area contributed by atoms with Crippen LogP contribution in [0.2, 0.25) is 0 Å². The summed E-state index contributed by atoms with van der Waals surface area (Å²) in [4.78, 5) is 34.8. The molecular weight excluding hydrogens is 264 g/mol. The summed E-state index contributed by atoms with van der Waals surface area (Å²) in [6.07, 6.45) is 0.412. The summed E-state index contributed by atoms with van der Waals surface area (Å²) >= 11 is 0. The van der Waals surface area contributed by atoms with Crippen molar-refractivity contribution in [3.63, 3.8) is 0 Å². The first-order chi connectivity index (χ1) is 9.40. The average molecular weight is 278 g/mol. The number of nitro benzene ring substituents is 1. The highest BCUT2D eigenvalue weighted by atomic mass is 16.6. The van der Waals surface area contributed by atoms with Crippen LogP contribution in [0.1, 0.15) is 22.3 Å². The van der Waals surface area contributed by atoms with Crippen LogP contribution < -0.4 is 0 Å². The number of rotatable bonds is 3. The van der Waals surface area contributed by atoms with Crippen molar-refractivity contribution in [2.45, 2.75) is 13.3 Å². The highest BCUT2D eigenvalue weighted by Gasteiger charge is 2.31. The van der Waals surface area contributed by atoms with E-state index in [9.17, 15) is 19.7 Å². The Morgan fingerprint density at radius 1 is 1.45 bits per heavy atom. The van der Waals surface area contributed by atoms with E-state index in [2.05, 4.69) is 0 Å². The Balaban J connectivity index is 2.20. The third kappa shape index (κ3) is 2.61. The van der Waals surface area contributed by atoms with Gasteiger partial charge in [0, 0.05) is 30.3 Å². The molecule has 1 N–H and O–H groups in total. The summed E-state index contributed by atoms with van der Waals surface area (Å²) < 4.78 is 0. The minimum Gasteiger partial charge on any atom is -0.481 e. The third-order valence-electron chi connectivity index (χ3n) is 3.48. The molecule has 1 aromatic rings. The Kier molecular flexibility index (Phi) is 3.69. The molecule has 20 heavy (non-hydrogen) atoms. The number of hydrogen-bond acceptors (Lipinski definition) is 4. The van der Waals surface area contributed by atoms with Crippen LogP contribution in [0.4, 0.5) is 5.69 Å². The summed E-state index contributed by atoms with van der Waals surface area (Å²) in [5, 5.41) is 19.8. The van der Waals surface area contributed by atoms with Crippen molar-refractivity contribution in [3.8, 4) is 0 Å². The Bertz CT molecular complexity index is 584. The van der Waals surface area contributed by atoms with Gasteiger partial charge in [-0.3, -0.25) is 19.7 Å². The molecule has 2 rings (SSSR count). The monoisotopic (exact) mass is 278 g/mol. The van der Waals surface area contributed by atoms with Crippen molar-refractivity contribution in [3.05, 3.63) is 39.4 Å². The van der Waals surface area contributed by atoms with Crippen molar-refractivity contribution in [2.75, 3.05) is 13.1 Å². The molecule has 1 aromatic carbocycles. The van der Waals surface area contributed by atoms with E-state index in [1.807, 2.05) is 0 Å². The molecule has 1 unspecified atom stereocenters. The molecule has 1 heterocycles. The molecule has 1 fully saturated rings. The van der Waals surface area contributed by atoms with Crippen LogP contribution in [-0.2, 0) is 4.79 Å². The number of carbonyl (C=O) groups excluding carboxylic acids is 1. The topological polar surface area (TPSA) is 101 Å². The summed E-state index contributed by atoms with van der Waals surface area (Å²) in [5.41, 5.74) is 0.592. The van der Waals surface area contributed by atoms with E-state index in [4.69, 9.17) is 5.11 Å². The highest BCUT2D eigenvalue weighted by molar-refractivity contribution is 5.95. The Labute approximate surface area is 115 Å². The molecule has 1 aliphatic rings. The second-order valence-electron chi connectivity index (χ2n) is 4.83. The number of carboxylic acids is 1. The maximum Gasteiger partial charge on any atom is 0.308 e. The third-order valence-corrected chi connectivity index (χ3v) is 3.48. The summed E-state index contributed by atoms with van der Waals surface area (Å²) in [5.74, 6) is -1.84. The molecule has 0 aromatic heterocycles. The second-order valence-corrected chi connectivity index (χ2v) is 4.83. The van der Waals surface area contributed by atoms with Crippen molar-refractivity contribution in [2.24, 2.45) is 5.92 Å². The minimum atomic E-state index is -0.921. The normalized spacial score (nSPS) is 18.1. The minimum absolute atomic E-state index is 0.107. The number of nitrogens with zero attached hydrogens (tertiary/aromatic N) is 2. The summed E-state index contributed by atoms with van der Waals surface area (Å²) in [6, 6.07) is 4.29. The van der Waals surface area contributed by atoms with Crippen molar-refractivity contribution in [1.29, 1.82) is 0 Å². The fraction of sp³-hybridized carbons (Fsp3) is 0.385. The fourth-order valence-electron chi connectivity index (χ4n) is 2.27. The molecule has 7 nitrogen and oxygen atoms in total. The summed E-state index contributed by atoms with van der Waals surface area (Å²) in [7, 11) is 0. The lowest BCUT2D eigenvalue weighted by Gasteiger charge is -2.15. The second kappa shape index (κ2) is 5.28. The maximum absolute atomic E-state index is 12.2. The molecular formula is C13H14N2O5. The van der Waals surface area contributed by atoms with Gasteiger partial charge in [-0.15, -0.1) is 0 Å². The predicted octanol–water partition coefficient (Wildman–Crippen LogP) is 1.45. The zero-order valence-electron chi connectivity index (χ0n) is 10.9. The lowest BCUT2D eigenvalue weighted by Crippen LogP contribution is -2.30. The van der Waals surface area contributed by atoms with Gasteiger partial charge in [0.1, 0.15) is 0 Å². The number of aliphatic carboxylic acids is 1. The van der Waals surface area contributed by atoms with Gasteiger partial charge in [-0.2, -0.15) is 0 Å². The van der Waals surface area contributed by atoms with Crippen molar-refractivity contribution >= 4 is 17.6 Å². The van der Waals surface area contributed by atoms with E-state index < -0.39 is 16.8 Å². The van der Waals surface area contributed by atoms with Crippen molar-refractivity contribution in [1.82, 2.24) is 4.90 Å². The van der Waals surface area contributed by atoms with Crippen LogP contribution in [0.25, 0.3) is 0 Å². The molecule has 0 radical (unpaired) electrons. The van der Waals surface area contributed by atoms with Gasteiger partial charge < -0.3 is 10.0 Å². The lowest BCUT2D eigenvalue weighted by molar-refractivity contribution is -0.385. The zero-order chi connectivity index (χ0) is 14.9. The van der Waals surface area contributed by atoms with E-state index in [1.54, 1.807) is 6.92 Å². The standard InChI is InChI=1S/C13H14N2O5/c1-8-2-3-9(6-11(8)15(19)20)12(16)14-5-4-10(7-14)13(17)18/h2-3,6,10H,4-5,7H2,1H3,(H,17,18). The number of aryl methyl sites for hydroxylation is 1. The van der Waals surface area contributed by atoms with E-state index in [-0.39, 0.29) is 23.7 Å². The first-order valence-electron chi connectivity index (χ1n) is 6.17. The number of benzene rings is 1. The molecule has 0 spiro atoms. The molecule has 1 atom stereocenters. The van der Waals surface area contributed by atoms with E-state index in [0.29, 0.717) is 18.5 Å². The first-order valence-corrected chi connectivity index (χ1v) is 6.17. The number of carboxylic acid groups (broad SMARTS) is 1. The molecule has 106 valence electrons.